The van der Waals surface area contributed by atoms with Crippen molar-refractivity contribution in [2.45, 2.75) is 60.0 Å². The average molecular weight is 404 g/mol. The number of carbonyl (C=O) groups excluding carboxylic acids is 2. The van der Waals surface area contributed by atoms with Crippen LogP contribution in [0.5, 0.6) is 5.75 Å². The first-order valence-corrected chi connectivity index (χ1v) is 10.3. The van der Waals surface area contributed by atoms with Crippen molar-refractivity contribution in [2.75, 3.05) is 0 Å². The monoisotopic (exact) mass is 403 g/mol. The van der Waals surface area contributed by atoms with Crippen LogP contribution in [0, 0.1) is 20.8 Å². The van der Waals surface area contributed by atoms with E-state index in [1.54, 1.807) is 13.8 Å². The molecule has 3 aromatic rings. The predicted octanol–water partition coefficient (Wildman–Crippen LogP) is 5.72. The van der Waals surface area contributed by atoms with Gasteiger partial charge in [-0.25, -0.2) is 0 Å². The van der Waals surface area contributed by atoms with E-state index in [2.05, 4.69) is 4.98 Å². The van der Waals surface area contributed by atoms with E-state index in [0.29, 0.717) is 18.4 Å². The average Bonchev–Trinajstić information content (AvgIpc) is 2.68. The Balaban J connectivity index is 1.77. The van der Waals surface area contributed by atoms with Crippen molar-refractivity contribution in [3.63, 3.8) is 0 Å². The molecule has 0 radical (unpaired) electrons. The van der Waals surface area contributed by atoms with E-state index in [1.807, 2.05) is 63.2 Å². The first-order valence-electron chi connectivity index (χ1n) is 10.3. The Morgan fingerprint density at radius 1 is 1.00 bits per heavy atom. The minimum absolute atomic E-state index is 0.0182. The van der Waals surface area contributed by atoms with Gasteiger partial charge in [0.15, 0.2) is 17.2 Å². The molecule has 0 saturated heterocycles. The third-order valence-corrected chi connectivity index (χ3v) is 5.58. The SMILES string of the molecule is CC(=O)C(C)(C)Oc1c(C)cc(CCC(=O)c2cc3ccccc3nc2C)cc1C. The number of aromatic nitrogens is 1. The van der Waals surface area contributed by atoms with Crippen LogP contribution in [-0.4, -0.2) is 22.2 Å². The maximum Gasteiger partial charge on any atom is 0.172 e. The second-order valence-electron chi connectivity index (χ2n) is 8.46. The second-order valence-corrected chi connectivity index (χ2v) is 8.46. The zero-order chi connectivity index (χ0) is 22.1. The summed E-state index contributed by atoms with van der Waals surface area (Å²) in [4.78, 5) is 29.3. The maximum atomic E-state index is 12.9. The van der Waals surface area contributed by atoms with E-state index in [0.717, 1.165) is 39.0 Å². The van der Waals surface area contributed by atoms with Gasteiger partial charge in [-0.05, 0) is 76.8 Å². The molecule has 0 aliphatic heterocycles. The number of fused-ring (bicyclic) bond motifs is 1. The van der Waals surface area contributed by atoms with Crippen LogP contribution in [0.1, 0.15) is 59.9 Å². The van der Waals surface area contributed by atoms with Gasteiger partial charge >= 0.3 is 0 Å². The third-order valence-electron chi connectivity index (χ3n) is 5.58. The number of Topliss-reactive ketones (excluding diaryl/α,β-unsaturated/α-hetero) is 2. The van der Waals surface area contributed by atoms with Gasteiger partial charge in [0.1, 0.15) is 5.75 Å². The molecule has 2 aromatic carbocycles. The molecule has 30 heavy (non-hydrogen) atoms. The van der Waals surface area contributed by atoms with Gasteiger partial charge in [-0.15, -0.1) is 0 Å². The highest BCUT2D eigenvalue weighted by molar-refractivity contribution is 6.00. The van der Waals surface area contributed by atoms with Gasteiger partial charge in [0.05, 0.1) is 5.52 Å². The van der Waals surface area contributed by atoms with Crippen LogP contribution in [-0.2, 0) is 11.2 Å². The number of pyridine rings is 1. The van der Waals surface area contributed by atoms with E-state index in [4.69, 9.17) is 4.74 Å². The topological polar surface area (TPSA) is 56.3 Å². The molecule has 156 valence electrons. The van der Waals surface area contributed by atoms with Crippen LogP contribution >= 0.6 is 0 Å². The molecule has 0 fully saturated rings. The number of hydrogen-bond donors (Lipinski definition) is 0. The first kappa shape index (κ1) is 21.7. The Morgan fingerprint density at radius 3 is 2.27 bits per heavy atom. The number of hydrogen-bond acceptors (Lipinski definition) is 4. The van der Waals surface area contributed by atoms with Crippen molar-refractivity contribution in [3.8, 4) is 5.75 Å². The number of rotatable bonds is 7. The van der Waals surface area contributed by atoms with E-state index in [1.165, 1.54) is 6.92 Å². The van der Waals surface area contributed by atoms with Crippen molar-refractivity contribution < 1.29 is 14.3 Å². The van der Waals surface area contributed by atoms with Crippen LogP contribution in [0.25, 0.3) is 10.9 Å². The minimum Gasteiger partial charge on any atom is -0.480 e. The van der Waals surface area contributed by atoms with Gasteiger partial charge in [-0.3, -0.25) is 14.6 Å². The number of aryl methyl sites for hydroxylation is 4. The number of ketones is 2. The van der Waals surface area contributed by atoms with Gasteiger partial charge in [0.2, 0.25) is 0 Å². The summed E-state index contributed by atoms with van der Waals surface area (Å²) in [6.45, 7) is 10.9. The number of benzene rings is 2. The number of nitrogens with zero attached hydrogens (tertiary/aromatic N) is 1. The molecule has 0 unspecified atom stereocenters. The van der Waals surface area contributed by atoms with Crippen molar-refractivity contribution in [1.29, 1.82) is 0 Å². The second kappa shape index (κ2) is 8.39. The van der Waals surface area contributed by atoms with Gasteiger partial charge in [-0.1, -0.05) is 30.3 Å². The maximum absolute atomic E-state index is 12.9. The molecule has 0 saturated carbocycles. The van der Waals surface area contributed by atoms with Crippen molar-refractivity contribution in [3.05, 3.63) is 70.4 Å². The third kappa shape index (κ3) is 4.59. The summed E-state index contributed by atoms with van der Waals surface area (Å²) >= 11 is 0. The molecule has 4 nitrogen and oxygen atoms in total. The van der Waals surface area contributed by atoms with Crippen LogP contribution in [0.2, 0.25) is 0 Å². The van der Waals surface area contributed by atoms with Crippen LogP contribution < -0.4 is 4.74 Å². The molecule has 3 rings (SSSR count). The number of carbonyl (C=O) groups is 2. The normalized spacial score (nSPS) is 11.5. The smallest absolute Gasteiger partial charge is 0.172 e. The molecular formula is C26H29NO3. The quantitative estimate of drug-likeness (QED) is 0.473. The largest absolute Gasteiger partial charge is 0.480 e. The van der Waals surface area contributed by atoms with Gasteiger partial charge in [-0.2, -0.15) is 0 Å². The fraction of sp³-hybridized carbons (Fsp3) is 0.346. The van der Waals surface area contributed by atoms with Gasteiger partial charge in [0, 0.05) is 23.1 Å². The fourth-order valence-corrected chi connectivity index (χ4v) is 3.56. The Labute approximate surface area is 178 Å². The molecule has 0 aliphatic carbocycles. The zero-order valence-electron chi connectivity index (χ0n) is 18.6. The van der Waals surface area contributed by atoms with Crippen LogP contribution in [0.4, 0.5) is 0 Å². The Morgan fingerprint density at radius 2 is 1.63 bits per heavy atom. The zero-order valence-corrected chi connectivity index (χ0v) is 18.6. The van der Waals surface area contributed by atoms with E-state index in [9.17, 15) is 9.59 Å². The van der Waals surface area contributed by atoms with E-state index >= 15 is 0 Å². The molecule has 0 bridgehead atoms. The lowest BCUT2D eigenvalue weighted by Gasteiger charge is -2.26. The molecule has 0 amide bonds. The van der Waals surface area contributed by atoms with E-state index in [-0.39, 0.29) is 11.6 Å². The van der Waals surface area contributed by atoms with Gasteiger partial charge < -0.3 is 4.74 Å². The number of para-hydroxylation sites is 1. The Kier molecular flexibility index (Phi) is 6.06. The summed E-state index contributed by atoms with van der Waals surface area (Å²) in [7, 11) is 0. The fourth-order valence-electron chi connectivity index (χ4n) is 3.56. The number of ether oxygens (including phenoxy) is 1. The highest BCUT2D eigenvalue weighted by Crippen LogP contribution is 2.29. The lowest BCUT2D eigenvalue weighted by Crippen LogP contribution is -2.36. The van der Waals surface area contributed by atoms with E-state index < -0.39 is 5.60 Å². The molecule has 1 heterocycles. The molecule has 0 aliphatic rings. The summed E-state index contributed by atoms with van der Waals surface area (Å²) in [6.07, 6.45) is 1.06. The standard InChI is InChI=1S/C26H29NO3/c1-16-13-20(14-17(2)25(16)30-26(5,6)19(4)28)11-12-24(29)22-15-21-9-7-8-10-23(21)27-18(22)3/h7-10,13-15H,11-12H2,1-6H3. The molecule has 0 spiro atoms. The first-order chi connectivity index (χ1) is 14.1. The Hall–Kier alpha value is -3.01. The minimum atomic E-state index is -0.867. The summed E-state index contributed by atoms with van der Waals surface area (Å²) in [5.41, 5.74) is 4.50. The van der Waals surface area contributed by atoms with Crippen molar-refractivity contribution in [2.24, 2.45) is 0 Å². The molecular weight excluding hydrogens is 374 g/mol. The van der Waals surface area contributed by atoms with Crippen LogP contribution in [0.3, 0.4) is 0 Å². The predicted molar refractivity (Wildman–Crippen MR) is 120 cm³/mol. The molecule has 0 atom stereocenters. The molecule has 4 heteroatoms. The van der Waals surface area contributed by atoms with Crippen LogP contribution in [0.15, 0.2) is 42.5 Å². The van der Waals surface area contributed by atoms with Gasteiger partial charge in [0.25, 0.3) is 0 Å². The summed E-state index contributed by atoms with van der Waals surface area (Å²) < 4.78 is 6.01. The Bertz CT molecular complexity index is 1110. The summed E-state index contributed by atoms with van der Waals surface area (Å²) in [6, 6.07) is 13.9. The summed E-state index contributed by atoms with van der Waals surface area (Å²) in [5.74, 6) is 0.814. The molecule has 1 aromatic heterocycles. The van der Waals surface area contributed by atoms with Crippen molar-refractivity contribution in [1.82, 2.24) is 4.98 Å². The van der Waals surface area contributed by atoms with Crippen molar-refractivity contribution >= 4 is 22.5 Å². The highest BCUT2D eigenvalue weighted by atomic mass is 16.5. The highest BCUT2D eigenvalue weighted by Gasteiger charge is 2.27. The lowest BCUT2D eigenvalue weighted by molar-refractivity contribution is -0.129. The molecule has 0 N–H and O–H groups in total. The summed E-state index contributed by atoms with van der Waals surface area (Å²) in [5, 5.41) is 0.979. The lowest BCUT2D eigenvalue weighted by atomic mass is 9.97.